The zero-order valence-corrected chi connectivity index (χ0v) is 11.6. The monoisotopic (exact) mass is 247 g/mol. The summed E-state index contributed by atoms with van der Waals surface area (Å²) in [6.07, 6.45) is 12.1. The fraction of sp³-hybridized carbons (Fsp3) is 0.800. The van der Waals surface area contributed by atoms with Gasteiger partial charge >= 0.3 is 0 Å². The van der Waals surface area contributed by atoms with E-state index in [1.807, 2.05) is 0 Å². The van der Waals surface area contributed by atoms with Gasteiger partial charge in [0, 0.05) is 24.3 Å². The van der Waals surface area contributed by atoms with Crippen LogP contribution in [0.15, 0.2) is 12.5 Å². The van der Waals surface area contributed by atoms with Gasteiger partial charge in [-0.05, 0) is 44.9 Å². The summed E-state index contributed by atoms with van der Waals surface area (Å²) in [5, 5.41) is 3.73. The molecule has 3 heteroatoms. The number of imidazole rings is 1. The molecule has 0 amide bonds. The van der Waals surface area contributed by atoms with Gasteiger partial charge in [0.1, 0.15) is 0 Å². The lowest BCUT2D eigenvalue weighted by molar-refractivity contribution is 0.328. The number of aromatic nitrogens is 2. The van der Waals surface area contributed by atoms with Crippen LogP contribution >= 0.6 is 0 Å². The molecule has 1 aliphatic heterocycles. The normalized spacial score (nSPS) is 35.7. The summed E-state index contributed by atoms with van der Waals surface area (Å²) < 4.78 is 2.45. The quantitative estimate of drug-likeness (QED) is 0.883. The molecule has 0 bridgehead atoms. The van der Waals surface area contributed by atoms with Crippen molar-refractivity contribution in [3.05, 3.63) is 18.2 Å². The molecule has 100 valence electrons. The Hall–Kier alpha value is -0.830. The molecular formula is C15H25N3. The fourth-order valence-corrected chi connectivity index (χ4v) is 3.49. The first-order chi connectivity index (χ1) is 8.79. The van der Waals surface area contributed by atoms with Crippen LogP contribution in [0, 0.1) is 5.92 Å². The van der Waals surface area contributed by atoms with E-state index in [2.05, 4.69) is 41.2 Å². The maximum absolute atomic E-state index is 4.40. The van der Waals surface area contributed by atoms with Crippen LogP contribution < -0.4 is 5.32 Å². The smallest absolute Gasteiger partial charge is 0.0951 e. The van der Waals surface area contributed by atoms with E-state index in [0.29, 0.717) is 12.1 Å². The van der Waals surface area contributed by atoms with Crippen molar-refractivity contribution in [2.45, 2.75) is 70.5 Å². The van der Waals surface area contributed by atoms with Crippen molar-refractivity contribution in [2.24, 2.45) is 5.92 Å². The van der Waals surface area contributed by atoms with Crippen molar-refractivity contribution < 1.29 is 0 Å². The van der Waals surface area contributed by atoms with Gasteiger partial charge in [0.2, 0.25) is 0 Å². The summed E-state index contributed by atoms with van der Waals surface area (Å²) >= 11 is 0. The summed E-state index contributed by atoms with van der Waals surface area (Å²) in [5.41, 5.74) is 1.42. The predicted molar refractivity (Wildman–Crippen MR) is 73.5 cm³/mol. The Morgan fingerprint density at radius 2 is 2.33 bits per heavy atom. The highest BCUT2D eigenvalue weighted by Crippen LogP contribution is 2.47. The van der Waals surface area contributed by atoms with Crippen LogP contribution in [0.2, 0.25) is 0 Å². The third-order valence-electron chi connectivity index (χ3n) is 4.57. The van der Waals surface area contributed by atoms with E-state index in [0.717, 1.165) is 12.0 Å². The van der Waals surface area contributed by atoms with E-state index in [9.17, 15) is 0 Å². The van der Waals surface area contributed by atoms with Gasteiger partial charge in [0.25, 0.3) is 0 Å². The Labute approximate surface area is 110 Å². The summed E-state index contributed by atoms with van der Waals surface area (Å²) in [6.45, 7) is 4.58. The molecule has 2 aliphatic rings. The van der Waals surface area contributed by atoms with Crippen molar-refractivity contribution >= 4 is 0 Å². The van der Waals surface area contributed by atoms with Crippen molar-refractivity contribution in [2.75, 3.05) is 0 Å². The highest BCUT2D eigenvalue weighted by molar-refractivity contribution is 5.11. The van der Waals surface area contributed by atoms with Crippen molar-refractivity contribution in [3.8, 4) is 0 Å². The highest BCUT2D eigenvalue weighted by atomic mass is 15.1. The van der Waals surface area contributed by atoms with Crippen LogP contribution in [0.1, 0.15) is 70.2 Å². The molecule has 1 aromatic rings. The van der Waals surface area contributed by atoms with Crippen molar-refractivity contribution in [1.82, 2.24) is 14.9 Å². The lowest BCUT2D eigenvalue weighted by Gasteiger charge is -2.29. The summed E-state index contributed by atoms with van der Waals surface area (Å²) in [4.78, 5) is 4.40. The van der Waals surface area contributed by atoms with Crippen LogP contribution in [0.4, 0.5) is 0 Å². The molecule has 4 unspecified atom stereocenters. The van der Waals surface area contributed by atoms with Crippen molar-refractivity contribution in [1.29, 1.82) is 0 Å². The molecule has 2 fully saturated rings. The summed E-state index contributed by atoms with van der Waals surface area (Å²) in [5.74, 6) is 0.906. The van der Waals surface area contributed by atoms with E-state index < -0.39 is 0 Å². The van der Waals surface area contributed by atoms with Gasteiger partial charge in [-0.1, -0.05) is 13.3 Å². The largest absolute Gasteiger partial charge is 0.330 e. The van der Waals surface area contributed by atoms with E-state index in [4.69, 9.17) is 0 Å². The van der Waals surface area contributed by atoms with Gasteiger partial charge in [-0.3, -0.25) is 0 Å². The fourth-order valence-electron chi connectivity index (χ4n) is 3.49. The minimum atomic E-state index is 0.527. The highest BCUT2D eigenvalue weighted by Gasteiger charge is 2.39. The number of nitrogens with one attached hydrogen (secondary N) is 1. The first kappa shape index (κ1) is 12.2. The second kappa shape index (κ2) is 5.04. The molecule has 4 atom stereocenters. The number of rotatable bonds is 4. The molecule has 0 spiro atoms. The van der Waals surface area contributed by atoms with Gasteiger partial charge in [-0.25, -0.2) is 4.98 Å². The maximum atomic E-state index is 4.40. The second-order valence-corrected chi connectivity index (χ2v) is 6.13. The van der Waals surface area contributed by atoms with Crippen molar-refractivity contribution in [3.63, 3.8) is 0 Å². The van der Waals surface area contributed by atoms with E-state index in [1.165, 1.54) is 44.2 Å². The predicted octanol–water partition coefficient (Wildman–Crippen LogP) is 3.45. The molecule has 1 aliphatic carbocycles. The SMILES string of the molecule is CCCC1CC1n1cncc1C1CCCC(C)N1. The first-order valence-electron chi connectivity index (χ1n) is 7.57. The Kier molecular flexibility index (Phi) is 3.42. The molecule has 3 rings (SSSR count). The molecule has 1 aromatic heterocycles. The molecule has 18 heavy (non-hydrogen) atoms. The van der Waals surface area contributed by atoms with Gasteiger partial charge in [0.05, 0.1) is 12.0 Å². The van der Waals surface area contributed by atoms with E-state index in [1.54, 1.807) is 0 Å². The summed E-state index contributed by atoms with van der Waals surface area (Å²) in [7, 11) is 0. The Morgan fingerprint density at radius 1 is 1.44 bits per heavy atom. The minimum absolute atomic E-state index is 0.527. The topological polar surface area (TPSA) is 29.9 Å². The molecule has 1 saturated heterocycles. The lowest BCUT2D eigenvalue weighted by Crippen LogP contribution is -2.35. The zero-order valence-electron chi connectivity index (χ0n) is 11.6. The molecule has 2 heterocycles. The average Bonchev–Trinajstić information content (AvgIpc) is 2.95. The van der Waals surface area contributed by atoms with Crippen LogP contribution in [-0.4, -0.2) is 15.6 Å². The summed E-state index contributed by atoms with van der Waals surface area (Å²) in [6, 6.07) is 1.92. The molecule has 0 radical (unpaired) electrons. The van der Waals surface area contributed by atoms with E-state index >= 15 is 0 Å². The van der Waals surface area contributed by atoms with Crippen LogP contribution in [-0.2, 0) is 0 Å². The Morgan fingerprint density at radius 3 is 3.11 bits per heavy atom. The van der Waals surface area contributed by atoms with Gasteiger partial charge in [0.15, 0.2) is 0 Å². The maximum Gasteiger partial charge on any atom is 0.0951 e. The number of hydrogen-bond donors (Lipinski definition) is 1. The number of hydrogen-bond acceptors (Lipinski definition) is 2. The molecule has 1 N–H and O–H groups in total. The molecule has 3 nitrogen and oxygen atoms in total. The lowest BCUT2D eigenvalue weighted by atomic mass is 9.97. The Balaban J connectivity index is 1.72. The van der Waals surface area contributed by atoms with Crippen LogP contribution in [0.5, 0.6) is 0 Å². The van der Waals surface area contributed by atoms with Crippen LogP contribution in [0.3, 0.4) is 0 Å². The van der Waals surface area contributed by atoms with Gasteiger partial charge < -0.3 is 9.88 Å². The molecule has 0 aromatic carbocycles. The molecular weight excluding hydrogens is 222 g/mol. The standard InChI is InChI=1S/C15H25N3/c1-3-5-12-8-14(12)18-10-16-9-15(18)13-7-4-6-11(2)17-13/h9-14,17H,3-8H2,1-2H3. The van der Waals surface area contributed by atoms with Crippen LogP contribution in [0.25, 0.3) is 0 Å². The Bertz CT molecular complexity index is 398. The minimum Gasteiger partial charge on any atom is -0.330 e. The molecule has 1 saturated carbocycles. The van der Waals surface area contributed by atoms with Gasteiger partial charge in [-0.15, -0.1) is 0 Å². The van der Waals surface area contributed by atoms with Gasteiger partial charge in [-0.2, -0.15) is 0 Å². The van der Waals surface area contributed by atoms with E-state index in [-0.39, 0.29) is 0 Å². The third kappa shape index (κ3) is 2.33. The average molecular weight is 247 g/mol. The second-order valence-electron chi connectivity index (χ2n) is 6.13. The number of nitrogens with zero attached hydrogens (tertiary/aromatic N) is 2. The number of piperidine rings is 1. The first-order valence-corrected chi connectivity index (χ1v) is 7.57. The third-order valence-corrected chi connectivity index (χ3v) is 4.57. The zero-order chi connectivity index (χ0) is 12.5.